The van der Waals surface area contributed by atoms with Gasteiger partial charge in [-0.05, 0) is 64.7 Å². The van der Waals surface area contributed by atoms with Crippen molar-refractivity contribution >= 4 is 9.84 Å². The SMILES string of the molecule is COc1cccc(OC)c1-n1c(CS(=O)(=O)[C@@H](C)[C@@H](OC(C)C)c2ncc(C)cn2)nnc1[C@@H]1CCCCO1. The topological polar surface area (TPSA) is 128 Å². The van der Waals surface area contributed by atoms with E-state index in [4.69, 9.17) is 18.9 Å². The molecular formula is C27H37N5O6S. The Kier molecular flexibility index (Phi) is 9.19. The molecule has 0 unspecified atom stereocenters. The molecule has 3 atom stereocenters. The van der Waals surface area contributed by atoms with Gasteiger partial charge in [0.05, 0.1) is 25.6 Å². The van der Waals surface area contributed by atoms with Gasteiger partial charge in [-0.2, -0.15) is 0 Å². The number of rotatable bonds is 11. The van der Waals surface area contributed by atoms with E-state index in [0.29, 0.717) is 35.4 Å². The highest BCUT2D eigenvalue weighted by Crippen LogP contribution is 2.38. The molecule has 212 valence electrons. The number of para-hydroxylation sites is 1. The Bertz CT molecular complexity index is 1330. The van der Waals surface area contributed by atoms with Crippen LogP contribution >= 0.6 is 0 Å². The van der Waals surface area contributed by atoms with Crippen LogP contribution in [0.5, 0.6) is 11.5 Å². The van der Waals surface area contributed by atoms with E-state index in [2.05, 4.69) is 20.2 Å². The summed E-state index contributed by atoms with van der Waals surface area (Å²) in [6.45, 7) is 7.77. The molecule has 4 rings (SSSR count). The van der Waals surface area contributed by atoms with Crippen LogP contribution in [0.3, 0.4) is 0 Å². The zero-order chi connectivity index (χ0) is 28.2. The zero-order valence-electron chi connectivity index (χ0n) is 23.3. The molecule has 0 aliphatic carbocycles. The van der Waals surface area contributed by atoms with Gasteiger partial charge < -0.3 is 18.9 Å². The molecule has 1 fully saturated rings. The van der Waals surface area contributed by atoms with Gasteiger partial charge in [0.2, 0.25) is 0 Å². The predicted octanol–water partition coefficient (Wildman–Crippen LogP) is 4.09. The van der Waals surface area contributed by atoms with Gasteiger partial charge in [0.15, 0.2) is 27.3 Å². The first-order valence-corrected chi connectivity index (χ1v) is 14.8. The lowest BCUT2D eigenvalue weighted by Crippen LogP contribution is -2.32. The van der Waals surface area contributed by atoms with Crippen molar-refractivity contribution in [2.75, 3.05) is 20.8 Å². The van der Waals surface area contributed by atoms with E-state index in [1.807, 2.05) is 20.8 Å². The summed E-state index contributed by atoms with van der Waals surface area (Å²) in [5.41, 5.74) is 1.39. The van der Waals surface area contributed by atoms with E-state index in [1.54, 1.807) is 56.3 Å². The quantitative estimate of drug-likeness (QED) is 0.339. The second-order valence-corrected chi connectivity index (χ2v) is 12.3. The van der Waals surface area contributed by atoms with Gasteiger partial charge in [-0.15, -0.1) is 10.2 Å². The number of aromatic nitrogens is 5. The molecule has 1 saturated heterocycles. The van der Waals surface area contributed by atoms with Crippen LogP contribution in [0.15, 0.2) is 30.6 Å². The first-order chi connectivity index (χ1) is 18.7. The van der Waals surface area contributed by atoms with Gasteiger partial charge >= 0.3 is 0 Å². The van der Waals surface area contributed by atoms with Gasteiger partial charge in [-0.25, -0.2) is 18.4 Å². The monoisotopic (exact) mass is 559 g/mol. The third-order valence-corrected chi connectivity index (χ3v) is 8.69. The Morgan fingerprint density at radius 2 is 1.72 bits per heavy atom. The molecule has 0 saturated carbocycles. The van der Waals surface area contributed by atoms with Crippen molar-refractivity contribution < 1.29 is 27.4 Å². The lowest BCUT2D eigenvalue weighted by Gasteiger charge is -2.26. The highest BCUT2D eigenvalue weighted by Gasteiger charge is 2.37. The summed E-state index contributed by atoms with van der Waals surface area (Å²) >= 11 is 0. The molecule has 0 bridgehead atoms. The lowest BCUT2D eigenvalue weighted by molar-refractivity contribution is 0.00139. The average molecular weight is 560 g/mol. The number of hydrogen-bond acceptors (Lipinski definition) is 10. The van der Waals surface area contributed by atoms with Crippen LogP contribution in [0, 0.1) is 6.92 Å². The van der Waals surface area contributed by atoms with Crippen LogP contribution < -0.4 is 9.47 Å². The Labute approximate surface area is 229 Å². The van der Waals surface area contributed by atoms with E-state index in [0.717, 1.165) is 24.8 Å². The number of methoxy groups -OCH3 is 2. The summed E-state index contributed by atoms with van der Waals surface area (Å²) in [5, 5.41) is 7.82. The highest BCUT2D eigenvalue weighted by molar-refractivity contribution is 7.91. The molecule has 39 heavy (non-hydrogen) atoms. The fourth-order valence-corrected chi connectivity index (χ4v) is 5.97. The van der Waals surface area contributed by atoms with E-state index in [1.165, 1.54) is 0 Å². The molecule has 2 aromatic heterocycles. The molecule has 3 aromatic rings. The summed E-state index contributed by atoms with van der Waals surface area (Å²) in [5.74, 6) is 1.63. The standard InChI is InChI=1S/C27H37N5O6S/c1-17(2)38-25(26-28-14-18(3)15-29-26)19(4)39(33,34)16-23-30-31-27(22-10-7-8-13-37-22)32(23)24-20(35-5)11-9-12-21(24)36-6/h9,11-12,14-15,17,19,22,25H,7-8,10,13,16H2,1-6H3/t19-,22-,25+/m0/s1. The summed E-state index contributed by atoms with van der Waals surface area (Å²) in [6, 6.07) is 5.37. The van der Waals surface area contributed by atoms with Crippen molar-refractivity contribution in [2.45, 2.75) is 76.3 Å². The number of ether oxygens (including phenoxy) is 4. The second kappa shape index (κ2) is 12.4. The van der Waals surface area contributed by atoms with Crippen molar-refractivity contribution in [2.24, 2.45) is 0 Å². The number of nitrogens with zero attached hydrogens (tertiary/aromatic N) is 5. The van der Waals surface area contributed by atoms with Crippen molar-refractivity contribution in [3.05, 3.63) is 53.6 Å². The molecule has 1 aromatic carbocycles. The van der Waals surface area contributed by atoms with Gasteiger partial charge in [0.25, 0.3) is 0 Å². The lowest BCUT2D eigenvalue weighted by atomic mass is 10.1. The van der Waals surface area contributed by atoms with Gasteiger partial charge in [-0.1, -0.05) is 6.07 Å². The third kappa shape index (κ3) is 6.39. The fourth-order valence-electron chi connectivity index (χ4n) is 4.60. The minimum atomic E-state index is -3.85. The first kappa shape index (κ1) is 28.9. The van der Waals surface area contributed by atoms with Gasteiger partial charge in [-0.3, -0.25) is 4.57 Å². The molecule has 11 nitrogen and oxygen atoms in total. The van der Waals surface area contributed by atoms with Gasteiger partial charge in [0.1, 0.15) is 35.1 Å². The number of hydrogen-bond donors (Lipinski definition) is 0. The maximum Gasteiger partial charge on any atom is 0.167 e. The summed E-state index contributed by atoms with van der Waals surface area (Å²) in [4.78, 5) is 8.73. The first-order valence-electron chi connectivity index (χ1n) is 13.1. The van der Waals surface area contributed by atoms with E-state index in [-0.39, 0.29) is 18.0 Å². The molecule has 1 aliphatic rings. The Morgan fingerprint density at radius 3 is 2.28 bits per heavy atom. The van der Waals surface area contributed by atoms with Crippen LogP contribution in [0.4, 0.5) is 0 Å². The minimum Gasteiger partial charge on any atom is -0.494 e. The average Bonchev–Trinajstić information content (AvgIpc) is 3.33. The number of aryl methyl sites for hydroxylation is 1. The normalized spacial score (nSPS) is 17.7. The molecular weight excluding hydrogens is 522 g/mol. The smallest absolute Gasteiger partial charge is 0.167 e. The van der Waals surface area contributed by atoms with Crippen molar-refractivity contribution in [1.82, 2.24) is 24.7 Å². The molecule has 1 aliphatic heterocycles. The Morgan fingerprint density at radius 1 is 1.05 bits per heavy atom. The summed E-state index contributed by atoms with van der Waals surface area (Å²) in [6.07, 6.45) is 4.53. The van der Waals surface area contributed by atoms with Crippen LogP contribution in [-0.4, -0.2) is 65.3 Å². The highest BCUT2D eigenvalue weighted by atomic mass is 32.2. The van der Waals surface area contributed by atoms with Crippen LogP contribution in [0.1, 0.15) is 75.3 Å². The number of sulfone groups is 1. The minimum absolute atomic E-state index is 0.224. The Hall–Kier alpha value is -3.09. The predicted molar refractivity (Wildman–Crippen MR) is 145 cm³/mol. The molecule has 0 N–H and O–H groups in total. The molecule has 0 spiro atoms. The van der Waals surface area contributed by atoms with E-state index in [9.17, 15) is 8.42 Å². The number of benzene rings is 1. The van der Waals surface area contributed by atoms with E-state index < -0.39 is 26.9 Å². The maximum absolute atomic E-state index is 13.9. The summed E-state index contributed by atoms with van der Waals surface area (Å²) < 4.78 is 52.9. The third-order valence-electron chi connectivity index (χ3n) is 6.65. The van der Waals surface area contributed by atoms with Crippen molar-refractivity contribution in [3.63, 3.8) is 0 Å². The molecule has 12 heteroatoms. The largest absolute Gasteiger partial charge is 0.494 e. The maximum atomic E-state index is 13.9. The van der Waals surface area contributed by atoms with Crippen molar-refractivity contribution in [1.29, 1.82) is 0 Å². The molecule has 3 heterocycles. The molecule has 0 amide bonds. The fraction of sp³-hybridized carbons (Fsp3) is 0.556. The second-order valence-electron chi connectivity index (χ2n) is 9.91. The van der Waals surface area contributed by atoms with Crippen LogP contribution in [0.2, 0.25) is 0 Å². The Balaban J connectivity index is 1.79. The van der Waals surface area contributed by atoms with Crippen molar-refractivity contribution in [3.8, 4) is 17.2 Å². The zero-order valence-corrected chi connectivity index (χ0v) is 24.1. The van der Waals surface area contributed by atoms with Crippen LogP contribution in [0.25, 0.3) is 5.69 Å². The molecule has 0 radical (unpaired) electrons. The summed E-state index contributed by atoms with van der Waals surface area (Å²) in [7, 11) is -0.756. The van der Waals surface area contributed by atoms with E-state index >= 15 is 0 Å². The van der Waals surface area contributed by atoms with Crippen LogP contribution in [-0.2, 0) is 25.1 Å². The van der Waals surface area contributed by atoms with Gasteiger partial charge in [0, 0.05) is 19.0 Å².